The van der Waals surface area contributed by atoms with Crippen molar-refractivity contribution in [1.82, 2.24) is 19.4 Å². The van der Waals surface area contributed by atoms with Gasteiger partial charge >= 0.3 is 0 Å². The topological polar surface area (TPSA) is 58.4 Å². The van der Waals surface area contributed by atoms with Gasteiger partial charge in [0, 0.05) is 38.4 Å². The van der Waals surface area contributed by atoms with Gasteiger partial charge in [0.05, 0.1) is 23.5 Å². The minimum absolute atomic E-state index is 0.00597. The van der Waals surface area contributed by atoms with E-state index >= 15 is 0 Å². The molecule has 0 unspecified atom stereocenters. The molecule has 5 rings (SSSR count). The molecule has 1 aliphatic carbocycles. The Morgan fingerprint density at radius 1 is 1.19 bits per heavy atom. The maximum absolute atomic E-state index is 13.7. The minimum atomic E-state index is -0.482. The van der Waals surface area contributed by atoms with Crippen molar-refractivity contribution < 1.29 is 9.59 Å². The summed E-state index contributed by atoms with van der Waals surface area (Å²) >= 11 is 0. The summed E-state index contributed by atoms with van der Waals surface area (Å²) in [5, 5.41) is 0. The second kappa shape index (κ2) is 7.50. The maximum Gasteiger partial charge on any atom is 0.254 e. The molecular formula is C25H32N4O2. The van der Waals surface area contributed by atoms with E-state index in [9.17, 15) is 9.59 Å². The lowest BCUT2D eigenvalue weighted by Crippen LogP contribution is -2.50. The van der Waals surface area contributed by atoms with Crippen molar-refractivity contribution in [3.8, 4) is 0 Å². The number of amides is 2. The van der Waals surface area contributed by atoms with Gasteiger partial charge in [-0.1, -0.05) is 17.2 Å². The van der Waals surface area contributed by atoms with Gasteiger partial charge in [-0.25, -0.2) is 4.98 Å². The van der Waals surface area contributed by atoms with Crippen LogP contribution in [0.1, 0.15) is 65.3 Å². The molecule has 2 aliphatic heterocycles. The number of piperidine rings is 1. The van der Waals surface area contributed by atoms with Crippen LogP contribution in [-0.2, 0) is 11.8 Å². The molecule has 2 atom stereocenters. The molecule has 3 heterocycles. The Hall–Kier alpha value is -2.63. The van der Waals surface area contributed by atoms with Crippen LogP contribution in [0.2, 0.25) is 0 Å². The first kappa shape index (κ1) is 20.3. The lowest BCUT2D eigenvalue weighted by Gasteiger charge is -2.39. The lowest BCUT2D eigenvalue weighted by molar-refractivity contribution is -0.145. The average molecular weight is 421 g/mol. The second-order valence-electron chi connectivity index (χ2n) is 10.1. The second-order valence-corrected chi connectivity index (χ2v) is 10.1. The smallest absolute Gasteiger partial charge is 0.254 e. The van der Waals surface area contributed by atoms with Gasteiger partial charge in [0.25, 0.3) is 5.91 Å². The number of rotatable bonds is 4. The standard InChI is InChI=1S/C25H32N4O2/c1-17-9-18(2)11-20(10-17)23(30)29-15-25(12-22(29)21-14-27(3)16-26-21)7-4-8-28(24(25)31)13-19-5-6-19/h9-11,14,16,19,22H,4-8,12-13,15H2,1-3H3/t22-,25+/m0/s1. The van der Waals surface area contributed by atoms with E-state index in [1.165, 1.54) is 12.8 Å². The summed E-state index contributed by atoms with van der Waals surface area (Å²) in [6, 6.07) is 5.83. The molecule has 0 radical (unpaired) electrons. The molecule has 6 heteroatoms. The first-order chi connectivity index (χ1) is 14.8. The Morgan fingerprint density at radius 2 is 1.94 bits per heavy atom. The van der Waals surface area contributed by atoms with Gasteiger partial charge < -0.3 is 14.4 Å². The average Bonchev–Trinajstić information content (AvgIpc) is 3.30. The molecule has 2 amide bonds. The normalized spacial score (nSPS) is 26.2. The van der Waals surface area contributed by atoms with Crippen LogP contribution in [0.25, 0.3) is 0 Å². The Labute approximate surface area is 184 Å². The number of imidazole rings is 1. The molecule has 3 aliphatic rings. The van der Waals surface area contributed by atoms with Crippen molar-refractivity contribution in [1.29, 1.82) is 0 Å². The highest BCUT2D eigenvalue weighted by Gasteiger charge is 2.54. The first-order valence-corrected chi connectivity index (χ1v) is 11.5. The van der Waals surface area contributed by atoms with Gasteiger partial charge in [0.1, 0.15) is 0 Å². The number of benzene rings is 1. The van der Waals surface area contributed by atoms with Crippen LogP contribution < -0.4 is 0 Å². The number of carbonyl (C=O) groups excluding carboxylic acids is 2. The molecule has 1 aromatic carbocycles. The highest BCUT2D eigenvalue weighted by molar-refractivity contribution is 5.96. The monoisotopic (exact) mass is 420 g/mol. The van der Waals surface area contributed by atoms with Gasteiger partial charge in [0.15, 0.2) is 0 Å². The quantitative estimate of drug-likeness (QED) is 0.759. The van der Waals surface area contributed by atoms with Crippen LogP contribution in [0.4, 0.5) is 0 Å². The Bertz CT molecular complexity index is 1000. The van der Waals surface area contributed by atoms with Crippen LogP contribution in [0.3, 0.4) is 0 Å². The molecule has 31 heavy (non-hydrogen) atoms. The number of likely N-dealkylation sites (tertiary alicyclic amines) is 2. The number of hydrogen-bond donors (Lipinski definition) is 0. The van der Waals surface area contributed by atoms with Crippen molar-refractivity contribution in [3.05, 3.63) is 53.1 Å². The molecule has 6 nitrogen and oxygen atoms in total. The predicted molar refractivity (Wildman–Crippen MR) is 118 cm³/mol. The third-order valence-electron chi connectivity index (χ3n) is 7.23. The summed E-state index contributed by atoms with van der Waals surface area (Å²) in [5.74, 6) is 0.939. The zero-order chi connectivity index (χ0) is 21.8. The Kier molecular flexibility index (Phi) is 4.91. The molecule has 164 valence electrons. The van der Waals surface area contributed by atoms with Crippen LogP contribution in [0.15, 0.2) is 30.7 Å². The SMILES string of the molecule is Cc1cc(C)cc(C(=O)N2C[C@@]3(CCCN(CC4CC4)C3=O)C[C@H]2c2cn(C)cn2)c1. The van der Waals surface area contributed by atoms with Crippen LogP contribution in [-0.4, -0.2) is 50.8 Å². The third kappa shape index (κ3) is 3.77. The van der Waals surface area contributed by atoms with Gasteiger partial charge in [0.2, 0.25) is 5.91 Å². The summed E-state index contributed by atoms with van der Waals surface area (Å²) in [6.45, 7) is 6.27. The molecule has 1 spiro atoms. The number of hydrogen-bond acceptors (Lipinski definition) is 3. The maximum atomic E-state index is 13.7. The van der Waals surface area contributed by atoms with Crippen molar-refractivity contribution >= 4 is 11.8 Å². The fourth-order valence-corrected chi connectivity index (χ4v) is 5.60. The highest BCUT2D eigenvalue weighted by atomic mass is 16.2. The lowest BCUT2D eigenvalue weighted by atomic mass is 9.76. The first-order valence-electron chi connectivity index (χ1n) is 11.5. The van der Waals surface area contributed by atoms with E-state index in [1.54, 1.807) is 6.33 Å². The minimum Gasteiger partial charge on any atom is -0.342 e. The van der Waals surface area contributed by atoms with Crippen LogP contribution in [0, 0.1) is 25.2 Å². The summed E-state index contributed by atoms with van der Waals surface area (Å²) in [4.78, 5) is 36.0. The van der Waals surface area contributed by atoms with E-state index < -0.39 is 5.41 Å². The van der Waals surface area contributed by atoms with Crippen LogP contribution >= 0.6 is 0 Å². The fourth-order valence-electron chi connectivity index (χ4n) is 5.60. The van der Waals surface area contributed by atoms with Crippen LogP contribution in [0.5, 0.6) is 0 Å². The molecule has 0 bridgehead atoms. The number of nitrogens with zero attached hydrogens (tertiary/aromatic N) is 4. The molecule has 3 fully saturated rings. The number of carbonyl (C=O) groups is 2. The summed E-state index contributed by atoms with van der Waals surface area (Å²) in [7, 11) is 1.94. The van der Waals surface area contributed by atoms with E-state index in [2.05, 4.69) is 16.0 Å². The Morgan fingerprint density at radius 3 is 2.58 bits per heavy atom. The summed E-state index contributed by atoms with van der Waals surface area (Å²) in [5.41, 5.74) is 3.26. The van der Waals surface area contributed by atoms with Crippen molar-refractivity contribution in [2.75, 3.05) is 19.6 Å². The number of aromatic nitrogens is 2. The van der Waals surface area contributed by atoms with Crippen molar-refractivity contribution in [2.24, 2.45) is 18.4 Å². The van der Waals surface area contributed by atoms with Crippen molar-refractivity contribution in [3.63, 3.8) is 0 Å². The zero-order valence-electron chi connectivity index (χ0n) is 18.8. The highest BCUT2D eigenvalue weighted by Crippen LogP contribution is 2.49. The summed E-state index contributed by atoms with van der Waals surface area (Å²) < 4.78 is 1.92. The predicted octanol–water partition coefficient (Wildman–Crippen LogP) is 3.64. The van der Waals surface area contributed by atoms with E-state index in [1.807, 2.05) is 48.7 Å². The largest absolute Gasteiger partial charge is 0.342 e. The fraction of sp³-hybridized carbons (Fsp3) is 0.560. The third-order valence-corrected chi connectivity index (χ3v) is 7.23. The number of aryl methyl sites for hydroxylation is 3. The van der Waals surface area contributed by atoms with E-state index in [-0.39, 0.29) is 17.9 Å². The molecule has 2 saturated heterocycles. The molecule has 1 aromatic heterocycles. The van der Waals surface area contributed by atoms with Gasteiger partial charge in [-0.05, 0) is 64.0 Å². The molecule has 2 aromatic rings. The van der Waals surface area contributed by atoms with Gasteiger partial charge in [-0.15, -0.1) is 0 Å². The molecule has 1 saturated carbocycles. The van der Waals surface area contributed by atoms with E-state index in [0.717, 1.165) is 42.8 Å². The zero-order valence-corrected chi connectivity index (χ0v) is 18.8. The van der Waals surface area contributed by atoms with Crippen molar-refractivity contribution in [2.45, 2.75) is 52.0 Å². The van der Waals surface area contributed by atoms with E-state index in [4.69, 9.17) is 0 Å². The molecular weight excluding hydrogens is 388 g/mol. The summed E-state index contributed by atoms with van der Waals surface area (Å²) in [6.07, 6.45) is 8.78. The van der Waals surface area contributed by atoms with Gasteiger partial charge in [-0.3, -0.25) is 9.59 Å². The Balaban J connectivity index is 1.49. The molecule has 0 N–H and O–H groups in total. The van der Waals surface area contributed by atoms with Gasteiger partial charge in [-0.2, -0.15) is 0 Å². The van der Waals surface area contributed by atoms with E-state index in [0.29, 0.717) is 24.4 Å².